The zero-order valence-corrected chi connectivity index (χ0v) is 24.6. The van der Waals surface area contributed by atoms with Gasteiger partial charge in [0.25, 0.3) is 0 Å². The number of benzene rings is 1. The SMILES string of the molecule is CN1CCN(S(=O)(=O)c2ccc([C@@H](CC3CCCC3)C(=O)Nc3nc4ccc(Br)nc4s3)cc2)CC12CC2. The van der Waals surface area contributed by atoms with Gasteiger partial charge in [-0.05, 0) is 78.0 Å². The highest BCUT2D eigenvalue weighted by molar-refractivity contribution is 9.10. The molecule has 202 valence electrons. The van der Waals surface area contributed by atoms with E-state index in [1.807, 2.05) is 24.3 Å². The molecule has 2 aliphatic carbocycles. The topological polar surface area (TPSA) is 95.5 Å². The van der Waals surface area contributed by atoms with Crippen molar-refractivity contribution >= 4 is 58.7 Å². The van der Waals surface area contributed by atoms with Crippen LogP contribution in [0.1, 0.15) is 56.4 Å². The third-order valence-electron chi connectivity index (χ3n) is 8.52. The monoisotopic (exact) mass is 617 g/mol. The second-order valence-electron chi connectivity index (χ2n) is 11.0. The third-order valence-corrected chi connectivity index (χ3v) is 11.7. The van der Waals surface area contributed by atoms with Crippen LogP contribution in [0.5, 0.6) is 0 Å². The zero-order valence-electron chi connectivity index (χ0n) is 21.4. The number of hydrogen-bond donors (Lipinski definition) is 1. The molecule has 3 heterocycles. The second-order valence-corrected chi connectivity index (χ2v) is 14.7. The highest BCUT2D eigenvalue weighted by Gasteiger charge is 2.51. The number of fused-ring (bicyclic) bond motifs is 1. The van der Waals surface area contributed by atoms with Gasteiger partial charge in [0, 0.05) is 25.2 Å². The number of carbonyl (C=O) groups is 1. The Balaban J connectivity index is 1.23. The van der Waals surface area contributed by atoms with Crippen molar-refractivity contribution in [2.24, 2.45) is 5.92 Å². The second kappa shape index (κ2) is 10.2. The van der Waals surface area contributed by atoms with Crippen LogP contribution in [0.25, 0.3) is 10.3 Å². The van der Waals surface area contributed by atoms with Gasteiger partial charge in [0.15, 0.2) is 5.13 Å². The number of pyridine rings is 1. The molecule has 3 fully saturated rings. The number of carbonyl (C=O) groups excluding carboxylic acids is 1. The van der Waals surface area contributed by atoms with E-state index in [1.54, 1.807) is 16.4 Å². The number of piperazine rings is 1. The molecule has 1 saturated heterocycles. The van der Waals surface area contributed by atoms with Gasteiger partial charge in [0.1, 0.15) is 15.0 Å². The predicted molar refractivity (Wildman–Crippen MR) is 153 cm³/mol. The van der Waals surface area contributed by atoms with E-state index in [9.17, 15) is 13.2 Å². The van der Waals surface area contributed by atoms with Crippen molar-refractivity contribution in [3.63, 3.8) is 0 Å². The smallest absolute Gasteiger partial charge is 0.243 e. The van der Waals surface area contributed by atoms with E-state index < -0.39 is 10.0 Å². The Bertz CT molecular complexity index is 1450. The van der Waals surface area contributed by atoms with Gasteiger partial charge in [-0.15, -0.1) is 0 Å². The predicted octanol–water partition coefficient (Wildman–Crippen LogP) is 5.23. The van der Waals surface area contributed by atoms with Crippen LogP contribution in [0, 0.1) is 5.92 Å². The molecule has 1 aromatic carbocycles. The van der Waals surface area contributed by atoms with Crippen LogP contribution in [0.4, 0.5) is 5.13 Å². The Morgan fingerprint density at radius 2 is 1.87 bits per heavy atom. The lowest BCUT2D eigenvalue weighted by atomic mass is 9.87. The van der Waals surface area contributed by atoms with Crippen LogP contribution < -0.4 is 5.32 Å². The van der Waals surface area contributed by atoms with Crippen molar-refractivity contribution in [2.45, 2.75) is 61.3 Å². The van der Waals surface area contributed by atoms with Crippen molar-refractivity contribution in [1.82, 2.24) is 19.2 Å². The van der Waals surface area contributed by atoms with E-state index in [0.29, 0.717) is 29.0 Å². The molecule has 11 heteroatoms. The highest BCUT2D eigenvalue weighted by atomic mass is 79.9. The summed E-state index contributed by atoms with van der Waals surface area (Å²) in [6.45, 7) is 1.80. The molecule has 0 bridgehead atoms. The Morgan fingerprint density at radius 1 is 1.13 bits per heavy atom. The molecule has 3 aromatic rings. The maximum absolute atomic E-state index is 13.6. The first-order valence-corrected chi connectivity index (χ1v) is 16.3. The Morgan fingerprint density at radius 3 is 2.58 bits per heavy atom. The number of halogens is 1. The Kier molecular flexibility index (Phi) is 7.09. The molecule has 1 aliphatic heterocycles. The molecule has 1 spiro atoms. The molecule has 1 amide bonds. The lowest BCUT2D eigenvalue weighted by Crippen LogP contribution is -2.54. The quantitative estimate of drug-likeness (QED) is 0.365. The minimum absolute atomic E-state index is 0.0158. The molecule has 2 aromatic heterocycles. The van der Waals surface area contributed by atoms with Crippen molar-refractivity contribution in [3.8, 4) is 0 Å². The number of nitrogens with zero attached hydrogens (tertiary/aromatic N) is 4. The van der Waals surface area contributed by atoms with Gasteiger partial charge < -0.3 is 5.32 Å². The van der Waals surface area contributed by atoms with Crippen molar-refractivity contribution < 1.29 is 13.2 Å². The number of amides is 1. The van der Waals surface area contributed by atoms with Gasteiger partial charge >= 0.3 is 0 Å². The summed E-state index contributed by atoms with van der Waals surface area (Å²) in [5, 5.41) is 3.55. The summed E-state index contributed by atoms with van der Waals surface area (Å²) in [4.78, 5) is 25.9. The largest absolute Gasteiger partial charge is 0.301 e. The van der Waals surface area contributed by atoms with Gasteiger partial charge in [-0.25, -0.2) is 18.4 Å². The number of anilines is 1. The van der Waals surface area contributed by atoms with Crippen LogP contribution in [-0.4, -0.2) is 65.7 Å². The average molecular weight is 619 g/mol. The minimum Gasteiger partial charge on any atom is -0.301 e. The highest BCUT2D eigenvalue weighted by Crippen LogP contribution is 2.44. The first-order valence-electron chi connectivity index (χ1n) is 13.3. The molecular formula is C27H32BrN5O3S2. The van der Waals surface area contributed by atoms with Crippen molar-refractivity contribution in [3.05, 3.63) is 46.6 Å². The fraction of sp³-hybridized carbons (Fsp3) is 0.519. The van der Waals surface area contributed by atoms with Crippen molar-refractivity contribution in [2.75, 3.05) is 32.0 Å². The first-order chi connectivity index (χ1) is 18.2. The fourth-order valence-corrected chi connectivity index (χ4v) is 8.73. The maximum Gasteiger partial charge on any atom is 0.243 e. The number of likely N-dealkylation sites (N-methyl/N-ethyl adjacent to an activating group) is 1. The van der Waals surface area contributed by atoms with Crippen LogP contribution >= 0.6 is 27.3 Å². The molecular weight excluding hydrogens is 586 g/mol. The minimum atomic E-state index is -3.58. The lowest BCUT2D eigenvalue weighted by molar-refractivity contribution is -0.118. The average Bonchev–Trinajstić information content (AvgIpc) is 3.28. The summed E-state index contributed by atoms with van der Waals surface area (Å²) >= 11 is 4.73. The van der Waals surface area contributed by atoms with Crippen LogP contribution in [-0.2, 0) is 14.8 Å². The summed E-state index contributed by atoms with van der Waals surface area (Å²) in [5.41, 5.74) is 1.60. The lowest BCUT2D eigenvalue weighted by Gasteiger charge is -2.39. The van der Waals surface area contributed by atoms with Gasteiger partial charge in [-0.3, -0.25) is 9.69 Å². The van der Waals surface area contributed by atoms with Crippen molar-refractivity contribution in [1.29, 1.82) is 0 Å². The van der Waals surface area contributed by atoms with E-state index in [-0.39, 0.29) is 17.4 Å². The van der Waals surface area contributed by atoms with Crippen LogP contribution in [0.2, 0.25) is 0 Å². The number of thiazole rings is 1. The van der Waals surface area contributed by atoms with Gasteiger partial charge in [-0.1, -0.05) is 49.2 Å². The summed E-state index contributed by atoms with van der Waals surface area (Å²) in [5.74, 6) is 0.00234. The molecule has 2 saturated carbocycles. The summed E-state index contributed by atoms with van der Waals surface area (Å²) in [6.07, 6.45) is 7.49. The molecule has 1 atom stereocenters. The van der Waals surface area contributed by atoms with E-state index in [1.165, 1.54) is 24.2 Å². The number of nitrogens with one attached hydrogen (secondary N) is 1. The zero-order chi connectivity index (χ0) is 26.5. The van der Waals surface area contributed by atoms with E-state index >= 15 is 0 Å². The molecule has 0 radical (unpaired) electrons. The molecule has 3 aliphatic rings. The molecule has 6 rings (SSSR count). The van der Waals surface area contributed by atoms with E-state index in [2.05, 4.69) is 43.2 Å². The number of sulfonamides is 1. The summed E-state index contributed by atoms with van der Waals surface area (Å²) in [6, 6.07) is 10.7. The third kappa shape index (κ3) is 5.15. The molecule has 0 unspecified atom stereocenters. The molecule has 38 heavy (non-hydrogen) atoms. The Hall–Kier alpha value is -1.92. The van der Waals surface area contributed by atoms with Gasteiger partial charge in [0.05, 0.1) is 10.8 Å². The van der Waals surface area contributed by atoms with Gasteiger partial charge in [0.2, 0.25) is 15.9 Å². The number of rotatable bonds is 7. The first kappa shape index (κ1) is 26.3. The van der Waals surface area contributed by atoms with Crippen LogP contribution in [0.15, 0.2) is 45.9 Å². The fourth-order valence-electron chi connectivity index (χ4n) is 5.95. The maximum atomic E-state index is 13.6. The molecule has 8 nitrogen and oxygen atoms in total. The van der Waals surface area contributed by atoms with Crippen LogP contribution in [0.3, 0.4) is 0 Å². The standard InChI is InChI=1S/C27H32BrN5O3S2/c1-32-14-15-33(17-27(32)12-13-27)38(35,36)20-8-6-19(7-9-20)21(16-18-4-2-3-5-18)24(34)31-26-29-22-10-11-23(28)30-25(22)37-26/h6-11,18,21H,2-5,12-17H2,1H3,(H,29,31,34)/t21-/m1/s1. The van der Waals surface area contributed by atoms with Gasteiger partial charge in [-0.2, -0.15) is 4.31 Å². The normalized spacial score (nSPS) is 21.2. The molecule has 1 N–H and O–H groups in total. The Labute approximate surface area is 236 Å². The van der Waals surface area contributed by atoms with E-state index in [0.717, 1.165) is 59.2 Å². The van der Waals surface area contributed by atoms with E-state index in [4.69, 9.17) is 0 Å². The number of hydrogen-bond acceptors (Lipinski definition) is 7. The number of aromatic nitrogens is 2. The summed E-state index contributed by atoms with van der Waals surface area (Å²) in [7, 11) is -1.49. The summed E-state index contributed by atoms with van der Waals surface area (Å²) < 4.78 is 29.3.